The lowest BCUT2D eigenvalue weighted by atomic mass is 9.93. The fourth-order valence-corrected chi connectivity index (χ4v) is 2.75. The fraction of sp³-hybridized carbons (Fsp3) is 0.529. The van der Waals surface area contributed by atoms with E-state index in [0.29, 0.717) is 5.56 Å². The Morgan fingerprint density at radius 2 is 1.81 bits per heavy atom. The summed E-state index contributed by atoms with van der Waals surface area (Å²) >= 11 is 0. The normalized spacial score (nSPS) is 18.7. The topological polar surface area (TPSA) is 46.6 Å². The van der Waals surface area contributed by atoms with E-state index in [1.54, 1.807) is 12.1 Å². The van der Waals surface area contributed by atoms with Crippen molar-refractivity contribution in [1.82, 2.24) is 4.90 Å². The molecule has 0 aromatic heterocycles. The highest BCUT2D eigenvalue weighted by Gasteiger charge is 2.35. The number of ether oxygens (including phenoxy) is 1. The first-order chi connectivity index (χ1) is 9.84. The Morgan fingerprint density at radius 3 is 2.33 bits per heavy atom. The molecule has 1 fully saturated rings. The molecule has 2 rings (SSSR count). The first kappa shape index (κ1) is 15.5. The zero-order valence-corrected chi connectivity index (χ0v) is 13.2. The Balaban J connectivity index is 2.20. The second-order valence-corrected chi connectivity index (χ2v) is 6.52. The molecule has 1 amide bonds. The second-order valence-electron chi connectivity index (χ2n) is 6.52. The summed E-state index contributed by atoms with van der Waals surface area (Å²) in [7, 11) is 1.37. The molecule has 1 aliphatic rings. The van der Waals surface area contributed by atoms with Crippen LogP contribution in [0.15, 0.2) is 24.3 Å². The van der Waals surface area contributed by atoms with E-state index in [4.69, 9.17) is 4.74 Å². The van der Waals surface area contributed by atoms with Crippen LogP contribution in [0.25, 0.3) is 0 Å². The van der Waals surface area contributed by atoms with Gasteiger partial charge >= 0.3 is 5.97 Å². The van der Waals surface area contributed by atoms with Crippen LogP contribution in [-0.2, 0) is 9.53 Å². The van der Waals surface area contributed by atoms with E-state index in [1.165, 1.54) is 7.11 Å². The minimum Gasteiger partial charge on any atom is -0.465 e. The van der Waals surface area contributed by atoms with Gasteiger partial charge < -0.3 is 9.64 Å². The lowest BCUT2D eigenvalue weighted by molar-refractivity contribution is -0.140. The lowest BCUT2D eigenvalue weighted by Crippen LogP contribution is -2.38. The molecule has 0 aliphatic carbocycles. The molecule has 4 nitrogen and oxygen atoms in total. The van der Waals surface area contributed by atoms with E-state index in [1.807, 2.05) is 37.8 Å². The number of likely N-dealkylation sites (tertiary alicyclic amines) is 1. The number of amides is 1. The fourth-order valence-electron chi connectivity index (χ4n) is 2.75. The van der Waals surface area contributed by atoms with Crippen LogP contribution in [0.3, 0.4) is 0 Å². The minimum absolute atomic E-state index is 0.114. The van der Waals surface area contributed by atoms with Gasteiger partial charge in [-0.25, -0.2) is 4.79 Å². The molecule has 1 aromatic carbocycles. The molecule has 1 heterocycles. The summed E-state index contributed by atoms with van der Waals surface area (Å²) < 4.78 is 4.70. The number of rotatable bonds is 2. The van der Waals surface area contributed by atoms with Crippen molar-refractivity contribution in [3.8, 4) is 0 Å². The monoisotopic (exact) mass is 289 g/mol. The summed E-state index contributed by atoms with van der Waals surface area (Å²) in [5.41, 5.74) is 1.25. The molecule has 114 valence electrons. The molecule has 1 unspecified atom stereocenters. The summed E-state index contributed by atoms with van der Waals surface area (Å²) in [5, 5.41) is 0. The third-order valence-corrected chi connectivity index (χ3v) is 3.87. The van der Waals surface area contributed by atoms with Gasteiger partial charge in [-0.05, 0) is 30.5 Å². The molecule has 0 saturated carbocycles. The highest BCUT2D eigenvalue weighted by atomic mass is 16.5. The number of hydrogen-bond acceptors (Lipinski definition) is 3. The molecule has 1 saturated heterocycles. The van der Waals surface area contributed by atoms with Gasteiger partial charge in [-0.15, -0.1) is 0 Å². The number of nitrogens with zero attached hydrogens (tertiary/aromatic N) is 1. The van der Waals surface area contributed by atoms with E-state index < -0.39 is 0 Å². The van der Waals surface area contributed by atoms with Gasteiger partial charge in [-0.3, -0.25) is 4.79 Å². The van der Waals surface area contributed by atoms with Gasteiger partial charge in [0.25, 0.3) is 0 Å². The third kappa shape index (κ3) is 3.26. The quantitative estimate of drug-likeness (QED) is 0.786. The van der Waals surface area contributed by atoms with Crippen molar-refractivity contribution in [2.45, 2.75) is 39.7 Å². The van der Waals surface area contributed by atoms with Gasteiger partial charge in [0.1, 0.15) is 0 Å². The predicted octanol–water partition coefficient (Wildman–Crippen LogP) is 3.18. The zero-order chi connectivity index (χ0) is 15.6. The van der Waals surface area contributed by atoms with Gasteiger partial charge in [-0.1, -0.05) is 32.9 Å². The Morgan fingerprint density at radius 1 is 1.19 bits per heavy atom. The van der Waals surface area contributed by atoms with Crippen LogP contribution in [-0.4, -0.2) is 30.4 Å². The van der Waals surface area contributed by atoms with Crippen molar-refractivity contribution in [3.05, 3.63) is 35.4 Å². The molecule has 4 heteroatoms. The van der Waals surface area contributed by atoms with Crippen LogP contribution in [0.5, 0.6) is 0 Å². The maximum absolute atomic E-state index is 12.5. The number of benzene rings is 1. The van der Waals surface area contributed by atoms with Crippen LogP contribution in [0, 0.1) is 5.41 Å². The number of carbonyl (C=O) groups is 2. The molecule has 1 atom stereocenters. The van der Waals surface area contributed by atoms with Gasteiger partial charge in [0.05, 0.1) is 18.7 Å². The van der Waals surface area contributed by atoms with Crippen LogP contribution >= 0.6 is 0 Å². The molecule has 0 radical (unpaired) electrons. The van der Waals surface area contributed by atoms with Gasteiger partial charge in [0, 0.05) is 12.0 Å². The van der Waals surface area contributed by atoms with Crippen molar-refractivity contribution in [3.63, 3.8) is 0 Å². The molecular formula is C17H23NO3. The Labute approximate surface area is 126 Å². The standard InChI is InChI=1S/C17H23NO3/c1-17(2,3)16(20)18-11-5-6-14(18)12-7-9-13(10-8-12)15(19)21-4/h7-10,14H,5-6,11H2,1-4H3. The summed E-state index contributed by atoms with van der Waals surface area (Å²) in [6.45, 7) is 6.65. The average Bonchev–Trinajstić information content (AvgIpc) is 2.94. The SMILES string of the molecule is COC(=O)c1ccc(C2CCCN2C(=O)C(C)(C)C)cc1. The number of methoxy groups -OCH3 is 1. The number of carbonyl (C=O) groups excluding carboxylic acids is 2. The Hall–Kier alpha value is -1.84. The van der Waals surface area contributed by atoms with E-state index in [2.05, 4.69) is 0 Å². The summed E-state index contributed by atoms with van der Waals surface area (Å²) in [5.74, 6) is -0.155. The molecule has 0 bridgehead atoms. The van der Waals surface area contributed by atoms with Crippen molar-refractivity contribution in [1.29, 1.82) is 0 Å². The number of esters is 1. The molecule has 21 heavy (non-hydrogen) atoms. The highest BCUT2D eigenvalue weighted by Crippen LogP contribution is 2.35. The first-order valence-corrected chi connectivity index (χ1v) is 7.34. The van der Waals surface area contributed by atoms with Gasteiger partial charge in [-0.2, -0.15) is 0 Å². The highest BCUT2D eigenvalue weighted by molar-refractivity contribution is 5.89. The zero-order valence-electron chi connectivity index (χ0n) is 13.2. The Kier molecular flexibility index (Phi) is 4.35. The van der Waals surface area contributed by atoms with Gasteiger partial charge in [0.15, 0.2) is 0 Å². The summed E-state index contributed by atoms with van der Waals surface area (Å²) in [6, 6.07) is 7.48. The molecule has 1 aromatic rings. The average molecular weight is 289 g/mol. The van der Waals surface area contributed by atoms with E-state index >= 15 is 0 Å². The van der Waals surface area contributed by atoms with Gasteiger partial charge in [0.2, 0.25) is 5.91 Å². The van der Waals surface area contributed by atoms with Crippen molar-refractivity contribution in [2.75, 3.05) is 13.7 Å². The van der Waals surface area contributed by atoms with Crippen LogP contribution in [0.4, 0.5) is 0 Å². The van der Waals surface area contributed by atoms with E-state index in [9.17, 15) is 9.59 Å². The summed E-state index contributed by atoms with van der Waals surface area (Å²) in [4.78, 5) is 26.0. The Bertz CT molecular complexity index is 528. The molecule has 0 spiro atoms. The third-order valence-electron chi connectivity index (χ3n) is 3.87. The lowest BCUT2D eigenvalue weighted by Gasteiger charge is -2.31. The number of hydrogen-bond donors (Lipinski definition) is 0. The predicted molar refractivity (Wildman–Crippen MR) is 80.9 cm³/mol. The molecule has 1 aliphatic heterocycles. The van der Waals surface area contributed by atoms with E-state index in [0.717, 1.165) is 24.9 Å². The smallest absolute Gasteiger partial charge is 0.337 e. The van der Waals surface area contributed by atoms with Crippen LogP contribution < -0.4 is 0 Å². The largest absolute Gasteiger partial charge is 0.465 e. The minimum atomic E-state index is -0.367. The van der Waals surface area contributed by atoms with Crippen molar-refractivity contribution >= 4 is 11.9 Å². The maximum atomic E-state index is 12.5. The van der Waals surface area contributed by atoms with Crippen molar-refractivity contribution < 1.29 is 14.3 Å². The second kappa shape index (κ2) is 5.88. The first-order valence-electron chi connectivity index (χ1n) is 7.34. The van der Waals surface area contributed by atoms with Crippen LogP contribution in [0.1, 0.15) is 55.6 Å². The van der Waals surface area contributed by atoms with E-state index in [-0.39, 0.29) is 23.3 Å². The molecular weight excluding hydrogens is 266 g/mol. The maximum Gasteiger partial charge on any atom is 0.337 e. The van der Waals surface area contributed by atoms with Crippen LogP contribution in [0.2, 0.25) is 0 Å². The van der Waals surface area contributed by atoms with Crippen molar-refractivity contribution in [2.24, 2.45) is 5.41 Å². The summed E-state index contributed by atoms with van der Waals surface area (Å²) in [6.07, 6.45) is 1.99. The molecule has 0 N–H and O–H groups in total.